The van der Waals surface area contributed by atoms with Crippen molar-refractivity contribution in [3.63, 3.8) is 0 Å². The first-order valence-electron chi connectivity index (χ1n) is 4.08. The van der Waals surface area contributed by atoms with Gasteiger partial charge in [0.05, 0.1) is 0 Å². The second-order valence-electron chi connectivity index (χ2n) is 3.09. The maximum Gasteiger partial charge on any atom is 0.0134 e. The Bertz CT molecular complexity index is 152. The summed E-state index contributed by atoms with van der Waals surface area (Å²) in [5.74, 6) is 0. The van der Waals surface area contributed by atoms with Crippen LogP contribution in [0.3, 0.4) is 0 Å². The molecule has 0 aliphatic heterocycles. The molecule has 0 fully saturated rings. The number of hydrogen-bond acceptors (Lipinski definition) is 0. The monoisotopic (exact) mass is 216 g/mol. The van der Waals surface area contributed by atoms with E-state index in [1.165, 1.54) is 12.8 Å². The zero-order chi connectivity index (χ0) is 8.91. The normalized spacial score (nSPS) is 13.3. The highest BCUT2D eigenvalue weighted by Gasteiger charge is 2.15. The summed E-state index contributed by atoms with van der Waals surface area (Å²) in [4.78, 5) is 0. The number of allylic oxidation sites excluding steroid dienone is 3. The first-order valence-corrected chi connectivity index (χ1v) is 4.88. The minimum absolute atomic E-state index is 0.326. The molecule has 0 aromatic carbocycles. The van der Waals surface area contributed by atoms with E-state index in [2.05, 4.69) is 49.4 Å². The van der Waals surface area contributed by atoms with Gasteiger partial charge < -0.3 is 0 Å². The van der Waals surface area contributed by atoms with Crippen LogP contribution in [0.25, 0.3) is 0 Å². The molecule has 0 bridgehead atoms. The van der Waals surface area contributed by atoms with Crippen LogP contribution in [0.1, 0.15) is 33.6 Å². The van der Waals surface area contributed by atoms with Crippen molar-refractivity contribution in [2.24, 2.45) is 5.41 Å². The van der Waals surface area contributed by atoms with E-state index >= 15 is 0 Å². The summed E-state index contributed by atoms with van der Waals surface area (Å²) in [6, 6.07) is 0. The maximum absolute atomic E-state index is 3.70. The highest BCUT2D eigenvalue weighted by atomic mass is 79.9. The smallest absolute Gasteiger partial charge is 0.0134 e. The fourth-order valence-corrected chi connectivity index (χ4v) is 1.40. The van der Waals surface area contributed by atoms with Crippen LogP contribution < -0.4 is 0 Å². The van der Waals surface area contributed by atoms with E-state index in [1.807, 2.05) is 6.08 Å². The third-order valence-corrected chi connectivity index (χ3v) is 2.85. The molecule has 0 aliphatic carbocycles. The van der Waals surface area contributed by atoms with Gasteiger partial charge in [0, 0.05) is 4.48 Å². The average Bonchev–Trinajstić information content (AvgIpc) is 2.04. The van der Waals surface area contributed by atoms with E-state index in [4.69, 9.17) is 0 Å². The van der Waals surface area contributed by atoms with Crippen LogP contribution in [0.5, 0.6) is 0 Å². The van der Waals surface area contributed by atoms with Gasteiger partial charge in [-0.1, -0.05) is 55.4 Å². The van der Waals surface area contributed by atoms with Gasteiger partial charge in [-0.15, -0.1) is 0 Å². The van der Waals surface area contributed by atoms with Gasteiger partial charge in [-0.25, -0.2) is 0 Å². The molecule has 0 unspecified atom stereocenters. The van der Waals surface area contributed by atoms with Crippen LogP contribution in [0.15, 0.2) is 23.2 Å². The molecule has 0 aromatic heterocycles. The minimum atomic E-state index is 0.326. The van der Waals surface area contributed by atoms with E-state index in [-0.39, 0.29) is 0 Å². The predicted molar refractivity (Wildman–Crippen MR) is 55.9 cm³/mol. The van der Waals surface area contributed by atoms with Crippen LogP contribution >= 0.6 is 15.9 Å². The Balaban J connectivity index is 4.39. The van der Waals surface area contributed by atoms with Crippen molar-refractivity contribution in [1.29, 1.82) is 0 Å². The van der Waals surface area contributed by atoms with Crippen LogP contribution in [0.4, 0.5) is 0 Å². The third-order valence-electron chi connectivity index (χ3n) is 2.30. The van der Waals surface area contributed by atoms with E-state index in [1.54, 1.807) is 0 Å². The highest BCUT2D eigenvalue weighted by Crippen LogP contribution is 2.29. The summed E-state index contributed by atoms with van der Waals surface area (Å²) in [6.45, 7) is 10.4. The van der Waals surface area contributed by atoms with Crippen LogP contribution in [0, 0.1) is 5.41 Å². The standard InChI is InChI=1S/C10H17Br/c1-5-9(11)8-10(4,6-2)7-3/h5,8H,1,6-7H2,2-4H3/b9-8-. The Hall–Kier alpha value is -0.0400. The topological polar surface area (TPSA) is 0 Å². The lowest BCUT2D eigenvalue weighted by molar-refractivity contribution is 0.395. The zero-order valence-electron chi connectivity index (χ0n) is 7.65. The molecule has 0 aromatic rings. The summed E-state index contributed by atoms with van der Waals surface area (Å²) in [7, 11) is 0. The van der Waals surface area contributed by atoms with E-state index in [9.17, 15) is 0 Å². The first-order chi connectivity index (χ1) is 5.08. The molecule has 1 heteroatoms. The fourth-order valence-electron chi connectivity index (χ4n) is 0.846. The first kappa shape index (κ1) is 11.0. The molecule has 0 atom stereocenters. The van der Waals surface area contributed by atoms with Gasteiger partial charge in [0.25, 0.3) is 0 Å². The van der Waals surface area contributed by atoms with Gasteiger partial charge in [0.15, 0.2) is 0 Å². The Kier molecular flexibility index (Phi) is 4.74. The number of halogens is 1. The molecule has 64 valence electrons. The maximum atomic E-state index is 3.70. The molecule has 0 spiro atoms. The Labute approximate surface area is 78.5 Å². The lowest BCUT2D eigenvalue weighted by Gasteiger charge is -2.22. The minimum Gasteiger partial charge on any atom is -0.0980 e. The van der Waals surface area contributed by atoms with Gasteiger partial charge >= 0.3 is 0 Å². The number of hydrogen-bond donors (Lipinski definition) is 0. The summed E-state index contributed by atoms with van der Waals surface area (Å²) < 4.78 is 1.10. The van der Waals surface area contributed by atoms with Crippen molar-refractivity contribution >= 4 is 15.9 Å². The molecule has 0 nitrogen and oxygen atoms in total. The van der Waals surface area contributed by atoms with Crippen molar-refractivity contribution in [3.05, 3.63) is 23.2 Å². The summed E-state index contributed by atoms with van der Waals surface area (Å²) >= 11 is 3.44. The van der Waals surface area contributed by atoms with Crippen LogP contribution in [0.2, 0.25) is 0 Å². The van der Waals surface area contributed by atoms with Crippen molar-refractivity contribution in [2.75, 3.05) is 0 Å². The second-order valence-corrected chi connectivity index (χ2v) is 4.01. The Morgan fingerprint density at radius 2 is 1.91 bits per heavy atom. The second kappa shape index (κ2) is 4.76. The van der Waals surface area contributed by atoms with Crippen molar-refractivity contribution < 1.29 is 0 Å². The van der Waals surface area contributed by atoms with Crippen molar-refractivity contribution in [2.45, 2.75) is 33.6 Å². The van der Waals surface area contributed by atoms with E-state index in [0.29, 0.717) is 5.41 Å². The molecule has 0 heterocycles. The zero-order valence-corrected chi connectivity index (χ0v) is 9.24. The SMILES string of the molecule is C=C/C(Br)=C/C(C)(CC)CC. The molecular weight excluding hydrogens is 200 g/mol. The lowest BCUT2D eigenvalue weighted by atomic mass is 9.84. The van der Waals surface area contributed by atoms with Gasteiger partial charge in [-0.3, -0.25) is 0 Å². The molecule has 0 radical (unpaired) electrons. The summed E-state index contributed by atoms with van der Waals surface area (Å²) in [5, 5.41) is 0. The van der Waals surface area contributed by atoms with Gasteiger partial charge in [-0.05, 0) is 18.3 Å². The Morgan fingerprint density at radius 1 is 1.45 bits per heavy atom. The molecule has 0 aliphatic rings. The van der Waals surface area contributed by atoms with Crippen LogP contribution in [-0.4, -0.2) is 0 Å². The molecule has 0 rings (SSSR count). The molecule has 0 saturated heterocycles. The fraction of sp³-hybridized carbons (Fsp3) is 0.600. The molecule has 0 saturated carbocycles. The third kappa shape index (κ3) is 3.76. The molecule has 0 amide bonds. The highest BCUT2D eigenvalue weighted by molar-refractivity contribution is 9.11. The van der Waals surface area contributed by atoms with E-state index < -0.39 is 0 Å². The summed E-state index contributed by atoms with van der Waals surface area (Å²) in [6.07, 6.45) is 6.42. The largest absolute Gasteiger partial charge is 0.0980 e. The van der Waals surface area contributed by atoms with Gasteiger partial charge in [-0.2, -0.15) is 0 Å². The van der Waals surface area contributed by atoms with Crippen molar-refractivity contribution in [3.8, 4) is 0 Å². The number of rotatable bonds is 4. The molecule has 0 N–H and O–H groups in total. The van der Waals surface area contributed by atoms with Crippen LogP contribution in [-0.2, 0) is 0 Å². The Morgan fingerprint density at radius 3 is 2.18 bits per heavy atom. The molecular formula is C10H17Br. The quantitative estimate of drug-likeness (QED) is 0.616. The van der Waals surface area contributed by atoms with Gasteiger partial charge in [0.1, 0.15) is 0 Å². The predicted octanol–water partition coefficient (Wildman–Crippen LogP) is 4.28. The average molecular weight is 217 g/mol. The van der Waals surface area contributed by atoms with E-state index in [0.717, 1.165) is 4.48 Å². The van der Waals surface area contributed by atoms with Gasteiger partial charge in [0.2, 0.25) is 0 Å². The summed E-state index contributed by atoms with van der Waals surface area (Å²) in [5.41, 5.74) is 0.326. The van der Waals surface area contributed by atoms with Crippen molar-refractivity contribution in [1.82, 2.24) is 0 Å². The molecule has 11 heavy (non-hydrogen) atoms. The lowest BCUT2D eigenvalue weighted by Crippen LogP contribution is -2.09.